The SMILES string of the molecule is CN(c1ccc(OC(F)(F)F)c(C[C@@H]2CCCN(N)[C@@H]2c2ccccc2)c1)S(C)(=O)=O.Cl.Cl. The monoisotopic (exact) mass is 529 g/mol. The Kier molecular flexibility index (Phi) is 10.3. The fraction of sp³-hybridized carbons (Fsp3) is 0.429. The minimum Gasteiger partial charge on any atom is -0.406 e. The molecule has 2 N–H and O–H groups in total. The molecule has 0 aromatic heterocycles. The Balaban J connectivity index is 0.00000272. The van der Waals surface area contributed by atoms with E-state index in [0.29, 0.717) is 6.54 Å². The van der Waals surface area contributed by atoms with Gasteiger partial charge in [-0.3, -0.25) is 10.1 Å². The molecule has 2 aromatic carbocycles. The lowest BCUT2D eigenvalue weighted by atomic mass is 9.81. The van der Waals surface area contributed by atoms with Crippen LogP contribution in [0.4, 0.5) is 18.9 Å². The summed E-state index contributed by atoms with van der Waals surface area (Å²) < 4.78 is 68.1. The third kappa shape index (κ3) is 7.65. The van der Waals surface area contributed by atoms with Crippen molar-refractivity contribution in [2.75, 3.05) is 24.2 Å². The summed E-state index contributed by atoms with van der Waals surface area (Å²) in [5.41, 5.74) is 1.53. The molecular formula is C21H28Cl2F3N3O3S. The first-order valence-electron chi connectivity index (χ1n) is 9.84. The van der Waals surface area contributed by atoms with Gasteiger partial charge in [0.15, 0.2) is 0 Å². The Morgan fingerprint density at radius 1 is 1.15 bits per heavy atom. The van der Waals surface area contributed by atoms with Gasteiger partial charge >= 0.3 is 6.36 Å². The maximum atomic E-state index is 13.0. The molecule has 12 heteroatoms. The quantitative estimate of drug-likeness (QED) is 0.549. The zero-order valence-corrected chi connectivity index (χ0v) is 20.6. The van der Waals surface area contributed by atoms with Gasteiger partial charge in [-0.15, -0.1) is 38.0 Å². The summed E-state index contributed by atoms with van der Waals surface area (Å²) >= 11 is 0. The van der Waals surface area contributed by atoms with Gasteiger partial charge in [-0.1, -0.05) is 30.3 Å². The number of hydrogen-bond acceptors (Lipinski definition) is 5. The molecule has 0 aliphatic carbocycles. The molecule has 0 unspecified atom stereocenters. The highest BCUT2D eigenvalue weighted by Crippen LogP contribution is 2.39. The Labute approximate surface area is 204 Å². The van der Waals surface area contributed by atoms with Crippen LogP contribution in [-0.2, 0) is 16.4 Å². The van der Waals surface area contributed by atoms with Crippen molar-refractivity contribution in [1.82, 2.24) is 5.01 Å². The maximum absolute atomic E-state index is 13.0. The van der Waals surface area contributed by atoms with Crippen molar-refractivity contribution >= 4 is 40.5 Å². The number of ether oxygens (including phenoxy) is 1. The number of nitrogens with zero attached hydrogens (tertiary/aromatic N) is 2. The first kappa shape index (κ1) is 29.3. The molecule has 0 spiro atoms. The third-order valence-corrected chi connectivity index (χ3v) is 6.75. The van der Waals surface area contributed by atoms with Gasteiger partial charge in [-0.2, -0.15) is 0 Å². The molecule has 0 bridgehead atoms. The second-order valence-corrected chi connectivity index (χ2v) is 9.78. The highest BCUT2D eigenvalue weighted by Gasteiger charge is 2.35. The Bertz CT molecular complexity index is 1010. The summed E-state index contributed by atoms with van der Waals surface area (Å²) in [6, 6.07) is 13.3. The molecule has 186 valence electrons. The van der Waals surface area contributed by atoms with Crippen molar-refractivity contribution in [3.63, 3.8) is 0 Å². The molecule has 2 aromatic rings. The summed E-state index contributed by atoms with van der Waals surface area (Å²) in [4.78, 5) is 0. The molecule has 1 aliphatic heterocycles. The van der Waals surface area contributed by atoms with Crippen LogP contribution in [0.3, 0.4) is 0 Å². The van der Waals surface area contributed by atoms with Crippen LogP contribution in [-0.4, -0.2) is 39.6 Å². The van der Waals surface area contributed by atoms with E-state index in [0.717, 1.165) is 29.0 Å². The molecular weight excluding hydrogens is 502 g/mol. The van der Waals surface area contributed by atoms with Crippen molar-refractivity contribution in [2.45, 2.75) is 31.7 Å². The molecule has 0 saturated carbocycles. The summed E-state index contributed by atoms with van der Waals surface area (Å²) in [6.07, 6.45) is -1.99. The van der Waals surface area contributed by atoms with Crippen molar-refractivity contribution in [1.29, 1.82) is 0 Å². The Hall–Kier alpha value is -1.72. The van der Waals surface area contributed by atoms with Gasteiger partial charge in [-0.25, -0.2) is 13.4 Å². The first-order chi connectivity index (χ1) is 14.5. The lowest BCUT2D eigenvalue weighted by Gasteiger charge is -2.39. The molecule has 1 aliphatic rings. The number of hydrazine groups is 1. The van der Waals surface area contributed by atoms with E-state index in [4.69, 9.17) is 5.84 Å². The van der Waals surface area contributed by atoms with Crippen LogP contribution in [0.15, 0.2) is 48.5 Å². The summed E-state index contributed by atoms with van der Waals surface area (Å²) in [5.74, 6) is 5.86. The maximum Gasteiger partial charge on any atom is 0.573 e. The number of nitrogens with two attached hydrogens (primary N) is 1. The molecule has 6 nitrogen and oxygen atoms in total. The van der Waals surface area contributed by atoms with Gasteiger partial charge in [0.25, 0.3) is 0 Å². The van der Waals surface area contributed by atoms with Crippen molar-refractivity contribution in [3.8, 4) is 5.75 Å². The van der Waals surface area contributed by atoms with E-state index in [1.165, 1.54) is 25.2 Å². The molecule has 1 saturated heterocycles. The van der Waals surface area contributed by atoms with Gasteiger partial charge in [0, 0.05) is 13.6 Å². The van der Waals surface area contributed by atoms with Crippen molar-refractivity contribution in [2.24, 2.45) is 11.8 Å². The highest BCUT2D eigenvalue weighted by molar-refractivity contribution is 7.92. The average Bonchev–Trinajstić information content (AvgIpc) is 2.68. The summed E-state index contributed by atoms with van der Waals surface area (Å²) in [6.45, 7) is 0.679. The number of rotatable bonds is 6. The molecule has 33 heavy (non-hydrogen) atoms. The Morgan fingerprint density at radius 2 is 1.79 bits per heavy atom. The van der Waals surface area contributed by atoms with Gasteiger partial charge < -0.3 is 4.74 Å². The molecule has 0 amide bonds. The number of hydrogen-bond donors (Lipinski definition) is 1. The number of piperidine rings is 1. The number of alkyl halides is 3. The fourth-order valence-electron chi connectivity index (χ4n) is 4.05. The van der Waals surface area contributed by atoms with E-state index in [1.54, 1.807) is 5.01 Å². The van der Waals surface area contributed by atoms with Gasteiger partial charge in [0.1, 0.15) is 5.75 Å². The standard InChI is InChI=1S/C21H26F3N3O3S.2ClH/c1-26(31(2,28)29)18-10-11-19(30-21(22,23)24)17(14-18)13-16-9-6-12-27(25)20(16)15-7-4-3-5-8-15;;/h3-5,7-8,10-11,14,16,20H,6,9,12-13,25H2,1-2H3;2*1H/t16-,20+;;/m0../s1. The summed E-state index contributed by atoms with van der Waals surface area (Å²) in [5, 5.41) is 1.72. The average molecular weight is 530 g/mol. The van der Waals surface area contributed by atoms with Crippen LogP contribution in [0.5, 0.6) is 5.75 Å². The zero-order valence-electron chi connectivity index (χ0n) is 18.2. The van der Waals surface area contributed by atoms with Crippen molar-refractivity contribution < 1.29 is 26.3 Å². The van der Waals surface area contributed by atoms with E-state index in [9.17, 15) is 21.6 Å². The lowest BCUT2D eigenvalue weighted by Crippen LogP contribution is -2.44. The van der Waals surface area contributed by atoms with Gasteiger partial charge in [0.05, 0.1) is 18.0 Å². The number of halogens is 5. The van der Waals surface area contributed by atoms with Crippen LogP contribution in [0.25, 0.3) is 0 Å². The van der Waals surface area contributed by atoms with Crippen LogP contribution in [0, 0.1) is 5.92 Å². The second kappa shape index (κ2) is 11.6. The van der Waals surface area contributed by atoms with E-state index in [-0.39, 0.29) is 60.2 Å². The van der Waals surface area contributed by atoms with E-state index in [1.807, 2.05) is 30.3 Å². The fourth-order valence-corrected chi connectivity index (χ4v) is 4.55. The molecule has 2 atom stereocenters. The molecule has 1 heterocycles. The van der Waals surface area contributed by atoms with E-state index in [2.05, 4.69) is 4.74 Å². The molecule has 0 radical (unpaired) electrons. The largest absolute Gasteiger partial charge is 0.573 e. The predicted octanol–water partition coefficient (Wildman–Crippen LogP) is 4.69. The van der Waals surface area contributed by atoms with E-state index >= 15 is 0 Å². The zero-order chi connectivity index (χ0) is 22.8. The number of benzene rings is 2. The normalized spacial score (nSPS) is 19.2. The Morgan fingerprint density at radius 3 is 2.36 bits per heavy atom. The van der Waals surface area contributed by atoms with Crippen LogP contribution in [0.1, 0.15) is 30.0 Å². The molecule has 3 rings (SSSR count). The van der Waals surface area contributed by atoms with E-state index < -0.39 is 16.4 Å². The summed E-state index contributed by atoms with van der Waals surface area (Å²) in [7, 11) is -2.22. The first-order valence-corrected chi connectivity index (χ1v) is 11.7. The highest BCUT2D eigenvalue weighted by atomic mass is 35.5. The second-order valence-electron chi connectivity index (χ2n) is 7.77. The lowest BCUT2D eigenvalue weighted by molar-refractivity contribution is -0.274. The van der Waals surface area contributed by atoms with Gasteiger partial charge in [0.2, 0.25) is 10.0 Å². The minimum atomic E-state index is -4.86. The van der Waals surface area contributed by atoms with Crippen LogP contribution in [0.2, 0.25) is 0 Å². The number of sulfonamides is 1. The minimum absolute atomic E-state index is 0. The smallest absolute Gasteiger partial charge is 0.406 e. The number of anilines is 1. The predicted molar refractivity (Wildman–Crippen MR) is 127 cm³/mol. The van der Waals surface area contributed by atoms with Gasteiger partial charge in [-0.05, 0) is 54.5 Å². The van der Waals surface area contributed by atoms with Crippen LogP contribution >= 0.6 is 24.8 Å². The topological polar surface area (TPSA) is 75.9 Å². The van der Waals surface area contributed by atoms with Crippen molar-refractivity contribution in [3.05, 3.63) is 59.7 Å². The molecule has 1 fully saturated rings. The van der Waals surface area contributed by atoms with Crippen LogP contribution < -0.4 is 14.9 Å². The third-order valence-electron chi connectivity index (χ3n) is 5.55.